The molecular weight excluding hydrogens is 381 g/mol. The standard InChI is InChI=1S/C9H23NO7P2.3Na.H2O/c1-3-4-5-7-10(2)8-6-9(11,18(12,13)14)19(15,16)17;;;;/h11H,3-8H2,1-2H3,(H2,12,13,14)(H2,15,16,17);;;;1H2/q;3*+1;/p-3. The molecule has 0 aromatic carbocycles. The van der Waals surface area contributed by atoms with Gasteiger partial charge < -0.3 is 44.2 Å². The van der Waals surface area contributed by atoms with E-state index in [4.69, 9.17) is 4.89 Å². The smallest absolute Gasteiger partial charge is 0.808 e. The summed E-state index contributed by atoms with van der Waals surface area (Å²) in [6.07, 6.45) is 1.89. The van der Waals surface area contributed by atoms with Gasteiger partial charge in [-0.25, -0.2) is 0 Å². The Morgan fingerprint density at radius 2 is 1.48 bits per heavy atom. The summed E-state index contributed by atoms with van der Waals surface area (Å²) >= 11 is 0. The van der Waals surface area contributed by atoms with Gasteiger partial charge in [-0.1, -0.05) is 19.8 Å². The Morgan fingerprint density at radius 1 is 1.04 bits per heavy atom. The average molecular weight is 403 g/mol. The van der Waals surface area contributed by atoms with Crippen molar-refractivity contribution in [2.24, 2.45) is 0 Å². The fraction of sp³-hybridized carbons (Fsp3) is 1.00. The normalized spacial score (nSPS) is 15.8. The van der Waals surface area contributed by atoms with E-state index in [9.17, 15) is 28.9 Å². The number of aliphatic hydroxyl groups is 1. The summed E-state index contributed by atoms with van der Waals surface area (Å²) in [5, 5.41) is 5.82. The van der Waals surface area contributed by atoms with E-state index in [2.05, 4.69) is 0 Å². The molecule has 0 bridgehead atoms. The Morgan fingerprint density at radius 3 is 1.78 bits per heavy atom. The number of unbranched alkanes of at least 4 members (excludes halogenated alkanes) is 2. The van der Waals surface area contributed by atoms with Crippen LogP contribution >= 0.6 is 15.2 Å². The number of hydrogen-bond acceptors (Lipinski definition) is 7. The summed E-state index contributed by atoms with van der Waals surface area (Å²) in [7, 11) is -10.00. The molecule has 0 aliphatic rings. The second kappa shape index (κ2) is 16.2. The zero-order valence-electron chi connectivity index (χ0n) is 14.5. The predicted octanol–water partition coefficient (Wildman–Crippen LogP) is -11.2. The van der Waals surface area contributed by atoms with Crippen LogP contribution in [-0.2, 0) is 9.13 Å². The van der Waals surface area contributed by atoms with Crippen LogP contribution < -0.4 is 103 Å². The van der Waals surface area contributed by atoms with Gasteiger partial charge in [0.1, 0.15) is 0 Å². The van der Waals surface area contributed by atoms with Crippen LogP contribution in [0.15, 0.2) is 0 Å². The molecule has 0 aliphatic carbocycles. The van der Waals surface area contributed by atoms with E-state index in [0.717, 1.165) is 19.3 Å². The third kappa shape index (κ3) is 13.1. The van der Waals surface area contributed by atoms with Gasteiger partial charge in [0.15, 0.2) is 12.7 Å². The molecular formula is C9H22NNa3O8P2. The largest absolute Gasteiger partial charge is 1.00 e. The van der Waals surface area contributed by atoms with Crippen LogP contribution in [0.2, 0.25) is 0 Å². The SMILES string of the molecule is CCCCCN(C)CCC(O)(P(=O)([O-])[O-])P(=O)([O-])O.O.[Na+].[Na+].[Na+]. The molecule has 124 valence electrons. The zero-order valence-corrected chi connectivity index (χ0v) is 22.3. The van der Waals surface area contributed by atoms with Gasteiger partial charge in [-0.05, 0) is 27.6 Å². The maximum Gasteiger partial charge on any atom is 1.00 e. The second-order valence-electron chi connectivity index (χ2n) is 4.55. The summed E-state index contributed by atoms with van der Waals surface area (Å²) in [6, 6.07) is 0. The average Bonchev–Trinajstić information content (AvgIpc) is 2.23. The van der Waals surface area contributed by atoms with Crippen molar-refractivity contribution in [2.75, 3.05) is 20.1 Å². The summed E-state index contributed by atoms with van der Waals surface area (Å²) in [5.41, 5.74) is 0. The first-order valence-corrected chi connectivity index (χ1v) is 9.04. The van der Waals surface area contributed by atoms with Gasteiger partial charge in [-0.2, -0.15) is 0 Å². The van der Waals surface area contributed by atoms with E-state index < -0.39 is 26.7 Å². The number of nitrogens with zero attached hydrogens (tertiary/aromatic N) is 1. The van der Waals surface area contributed by atoms with Crippen LogP contribution in [0.3, 0.4) is 0 Å². The van der Waals surface area contributed by atoms with Crippen LogP contribution in [0, 0.1) is 0 Å². The van der Waals surface area contributed by atoms with Crippen LogP contribution in [-0.4, -0.2) is 45.6 Å². The molecule has 0 spiro atoms. The quantitative estimate of drug-likeness (QED) is 0.216. The molecule has 0 rings (SSSR count). The van der Waals surface area contributed by atoms with Gasteiger partial charge in [0.2, 0.25) is 0 Å². The van der Waals surface area contributed by atoms with Crippen molar-refractivity contribution in [1.82, 2.24) is 4.90 Å². The van der Waals surface area contributed by atoms with Crippen LogP contribution in [0.25, 0.3) is 0 Å². The van der Waals surface area contributed by atoms with E-state index in [0.29, 0.717) is 6.54 Å². The summed E-state index contributed by atoms with van der Waals surface area (Å²) in [5.74, 6) is 0. The molecule has 0 fully saturated rings. The first-order chi connectivity index (χ1) is 8.45. The summed E-state index contributed by atoms with van der Waals surface area (Å²) < 4.78 is 21.8. The van der Waals surface area contributed by atoms with Crippen molar-refractivity contribution in [1.29, 1.82) is 0 Å². The Kier molecular flexibility index (Phi) is 26.0. The second-order valence-corrected chi connectivity index (χ2v) is 8.42. The zero-order chi connectivity index (χ0) is 15.3. The van der Waals surface area contributed by atoms with E-state index in [1.807, 2.05) is 6.92 Å². The molecule has 14 heteroatoms. The molecule has 2 unspecified atom stereocenters. The van der Waals surface area contributed by atoms with E-state index in [-0.39, 0.29) is 101 Å². The molecule has 0 heterocycles. The van der Waals surface area contributed by atoms with Crippen molar-refractivity contribution in [3.63, 3.8) is 0 Å². The third-order valence-electron chi connectivity index (χ3n) is 2.86. The number of hydrogen-bond donors (Lipinski definition) is 2. The van der Waals surface area contributed by atoms with Crippen LogP contribution in [0.5, 0.6) is 0 Å². The Bertz CT molecular complexity index is 356. The number of rotatable bonds is 9. The molecule has 9 nitrogen and oxygen atoms in total. The molecule has 0 radical (unpaired) electrons. The van der Waals surface area contributed by atoms with Gasteiger partial charge in [0, 0.05) is 13.0 Å². The third-order valence-corrected chi connectivity index (χ3v) is 6.59. The van der Waals surface area contributed by atoms with Gasteiger partial charge in [-0.15, -0.1) is 0 Å². The summed E-state index contributed by atoms with van der Waals surface area (Å²) in [6.45, 7) is 2.44. The molecule has 0 saturated heterocycles. The van der Waals surface area contributed by atoms with Crippen LogP contribution in [0.4, 0.5) is 0 Å². The van der Waals surface area contributed by atoms with E-state index >= 15 is 0 Å². The topological polar surface area (TPSA) is 179 Å². The first kappa shape index (κ1) is 37.0. The minimum Gasteiger partial charge on any atom is -0.808 e. The minimum absolute atomic E-state index is 0. The monoisotopic (exact) mass is 403 g/mol. The maximum atomic E-state index is 10.9. The maximum absolute atomic E-state index is 10.9. The van der Waals surface area contributed by atoms with Crippen molar-refractivity contribution in [3.8, 4) is 0 Å². The van der Waals surface area contributed by atoms with Gasteiger partial charge in [-0.3, -0.25) is 0 Å². The van der Waals surface area contributed by atoms with Gasteiger partial charge in [0.05, 0.1) is 0 Å². The fourth-order valence-electron chi connectivity index (χ4n) is 1.52. The Hall–Kier alpha value is 3.18. The molecule has 0 aliphatic heterocycles. The summed E-state index contributed by atoms with van der Waals surface area (Å²) in [4.78, 5) is 43.0. The minimum atomic E-state index is -5.89. The van der Waals surface area contributed by atoms with E-state index in [1.54, 1.807) is 11.9 Å². The fourth-order valence-corrected chi connectivity index (χ4v) is 3.51. The molecule has 4 N–H and O–H groups in total. The molecule has 0 saturated carbocycles. The predicted molar refractivity (Wildman–Crippen MR) is 67.6 cm³/mol. The Balaban J connectivity index is -0.000000270. The molecule has 2 atom stereocenters. The van der Waals surface area contributed by atoms with Crippen molar-refractivity contribution in [3.05, 3.63) is 0 Å². The van der Waals surface area contributed by atoms with Gasteiger partial charge in [0.25, 0.3) is 0 Å². The van der Waals surface area contributed by atoms with Crippen molar-refractivity contribution < 1.29 is 128 Å². The molecule has 23 heavy (non-hydrogen) atoms. The molecule has 0 aromatic heterocycles. The van der Waals surface area contributed by atoms with Crippen molar-refractivity contribution >= 4 is 15.2 Å². The molecule has 0 amide bonds. The molecule has 0 aromatic rings. The Labute approximate surface area is 203 Å². The van der Waals surface area contributed by atoms with Crippen LogP contribution in [0.1, 0.15) is 32.6 Å². The van der Waals surface area contributed by atoms with E-state index in [1.165, 1.54) is 0 Å². The van der Waals surface area contributed by atoms with Gasteiger partial charge >= 0.3 is 88.7 Å². The first-order valence-electron chi connectivity index (χ1n) is 5.92. The van der Waals surface area contributed by atoms with Crippen molar-refractivity contribution in [2.45, 2.75) is 37.7 Å².